The van der Waals surface area contributed by atoms with Crippen molar-refractivity contribution in [2.75, 3.05) is 68.2 Å². The molecule has 0 unspecified atom stereocenters. The Labute approximate surface area is 250 Å². The first-order valence-corrected chi connectivity index (χ1v) is 14.8. The van der Waals surface area contributed by atoms with Crippen LogP contribution in [-0.2, 0) is 10.2 Å². The Morgan fingerprint density at radius 3 is 2.17 bits per heavy atom. The van der Waals surface area contributed by atoms with Gasteiger partial charge in [0.2, 0.25) is 0 Å². The molecule has 42 heavy (non-hydrogen) atoms. The number of amides is 2. The van der Waals surface area contributed by atoms with Crippen molar-refractivity contribution in [3.8, 4) is 5.75 Å². The van der Waals surface area contributed by atoms with E-state index in [9.17, 15) is 9.59 Å². The first kappa shape index (κ1) is 30.9. The number of para-hydroxylation sites is 2. The maximum absolute atomic E-state index is 13.4. The van der Waals surface area contributed by atoms with Gasteiger partial charge < -0.3 is 29.9 Å². The van der Waals surface area contributed by atoms with Gasteiger partial charge in [-0.15, -0.1) is 0 Å². The van der Waals surface area contributed by atoms with Gasteiger partial charge in [-0.1, -0.05) is 45.0 Å². The van der Waals surface area contributed by atoms with Crippen molar-refractivity contribution in [1.29, 1.82) is 0 Å². The van der Waals surface area contributed by atoms with Gasteiger partial charge in [-0.05, 0) is 66.8 Å². The van der Waals surface area contributed by atoms with Crippen LogP contribution >= 0.6 is 0 Å². The van der Waals surface area contributed by atoms with E-state index in [1.807, 2.05) is 61.5 Å². The van der Waals surface area contributed by atoms with Gasteiger partial charge in [0.15, 0.2) is 0 Å². The Kier molecular flexibility index (Phi) is 10.5. The largest absolute Gasteiger partial charge is 0.495 e. The van der Waals surface area contributed by atoms with Crippen molar-refractivity contribution >= 4 is 28.9 Å². The molecule has 0 aromatic heterocycles. The summed E-state index contributed by atoms with van der Waals surface area (Å²) in [5.74, 6) is 0.474. The number of piperazine rings is 1. The average Bonchev–Trinajstić information content (AvgIpc) is 3.00. The number of carbonyl (C=O) groups is 2. The minimum atomic E-state index is -0.211. The predicted octanol–water partition coefficient (Wildman–Crippen LogP) is 5.73. The molecule has 1 heterocycles. The SMILES string of the molecule is CCOCCCNC(=O)c1cc(NC(=O)c2ccc(C(C)(C)C)cc2)ccc1N1CCN(c2ccccc2OC)CC1. The highest BCUT2D eigenvalue weighted by Gasteiger charge is 2.24. The van der Waals surface area contributed by atoms with Gasteiger partial charge in [0.1, 0.15) is 5.75 Å². The molecule has 1 saturated heterocycles. The zero-order valence-electron chi connectivity index (χ0n) is 25.5. The van der Waals surface area contributed by atoms with Crippen LogP contribution in [0.4, 0.5) is 17.1 Å². The lowest BCUT2D eigenvalue weighted by Gasteiger charge is -2.38. The van der Waals surface area contributed by atoms with Gasteiger partial charge in [-0.3, -0.25) is 9.59 Å². The van der Waals surface area contributed by atoms with E-state index in [0.717, 1.165) is 55.3 Å². The van der Waals surface area contributed by atoms with Crippen LogP contribution in [0.15, 0.2) is 66.7 Å². The van der Waals surface area contributed by atoms with E-state index in [1.165, 1.54) is 0 Å². The lowest BCUT2D eigenvalue weighted by molar-refractivity contribution is 0.0943. The van der Waals surface area contributed by atoms with E-state index in [1.54, 1.807) is 13.2 Å². The summed E-state index contributed by atoms with van der Waals surface area (Å²) in [7, 11) is 1.69. The summed E-state index contributed by atoms with van der Waals surface area (Å²) in [4.78, 5) is 31.1. The van der Waals surface area contributed by atoms with E-state index in [2.05, 4.69) is 47.3 Å². The van der Waals surface area contributed by atoms with Crippen LogP contribution in [0.1, 0.15) is 60.4 Å². The molecular weight excluding hydrogens is 528 g/mol. The molecule has 2 amide bonds. The van der Waals surface area contributed by atoms with Crippen LogP contribution in [0.3, 0.4) is 0 Å². The molecule has 0 aliphatic carbocycles. The van der Waals surface area contributed by atoms with E-state index in [-0.39, 0.29) is 17.2 Å². The maximum Gasteiger partial charge on any atom is 0.255 e. The number of ether oxygens (including phenoxy) is 2. The summed E-state index contributed by atoms with van der Waals surface area (Å²) in [6.45, 7) is 13.2. The number of rotatable bonds is 11. The number of carbonyl (C=O) groups excluding carboxylic acids is 2. The fourth-order valence-corrected chi connectivity index (χ4v) is 5.09. The zero-order chi connectivity index (χ0) is 30.1. The predicted molar refractivity (Wildman–Crippen MR) is 170 cm³/mol. The summed E-state index contributed by atoms with van der Waals surface area (Å²) in [6.07, 6.45) is 0.730. The van der Waals surface area contributed by atoms with Gasteiger partial charge in [0, 0.05) is 62.9 Å². The quantitative estimate of drug-likeness (QED) is 0.286. The van der Waals surface area contributed by atoms with Gasteiger partial charge in [-0.25, -0.2) is 0 Å². The third-order valence-corrected chi connectivity index (χ3v) is 7.51. The van der Waals surface area contributed by atoms with Crippen molar-refractivity contribution in [2.45, 2.75) is 39.5 Å². The van der Waals surface area contributed by atoms with Crippen LogP contribution in [-0.4, -0.2) is 64.9 Å². The highest BCUT2D eigenvalue weighted by Crippen LogP contribution is 2.31. The van der Waals surface area contributed by atoms with Crippen molar-refractivity contribution in [3.05, 3.63) is 83.4 Å². The van der Waals surface area contributed by atoms with E-state index >= 15 is 0 Å². The van der Waals surface area contributed by atoms with Crippen molar-refractivity contribution in [2.24, 2.45) is 0 Å². The van der Waals surface area contributed by atoms with E-state index in [4.69, 9.17) is 9.47 Å². The van der Waals surface area contributed by atoms with E-state index in [0.29, 0.717) is 36.6 Å². The summed E-state index contributed by atoms with van der Waals surface area (Å²) < 4.78 is 11.0. The van der Waals surface area contributed by atoms with Crippen LogP contribution in [0.25, 0.3) is 0 Å². The summed E-state index contributed by atoms with van der Waals surface area (Å²) in [5.41, 5.74) is 4.78. The number of hydrogen-bond donors (Lipinski definition) is 2. The summed E-state index contributed by atoms with van der Waals surface area (Å²) >= 11 is 0. The lowest BCUT2D eigenvalue weighted by atomic mass is 9.87. The standard InChI is InChI=1S/C34H44N4O4/c1-6-42-23-9-18-35-33(40)28-24-27(36-32(39)25-12-14-26(15-13-25)34(2,3)4)16-17-29(28)37-19-21-38(22-20-37)30-10-7-8-11-31(30)41-5/h7-8,10-17,24H,6,9,18-23H2,1-5H3,(H,35,40)(H,36,39). The Bertz CT molecular complexity index is 1340. The fraction of sp³-hybridized carbons (Fsp3) is 0.412. The highest BCUT2D eigenvalue weighted by molar-refractivity contribution is 6.06. The smallest absolute Gasteiger partial charge is 0.255 e. The Hall–Kier alpha value is -4.04. The number of nitrogens with one attached hydrogen (secondary N) is 2. The third-order valence-electron chi connectivity index (χ3n) is 7.51. The molecule has 8 nitrogen and oxygen atoms in total. The molecule has 0 bridgehead atoms. The molecule has 2 N–H and O–H groups in total. The monoisotopic (exact) mass is 572 g/mol. The number of benzene rings is 3. The maximum atomic E-state index is 13.4. The summed E-state index contributed by atoms with van der Waals surface area (Å²) in [6, 6.07) is 21.3. The van der Waals surface area contributed by atoms with Crippen LogP contribution in [0.5, 0.6) is 5.75 Å². The molecule has 0 atom stereocenters. The second-order valence-corrected chi connectivity index (χ2v) is 11.5. The molecule has 8 heteroatoms. The molecule has 3 aromatic rings. The Morgan fingerprint density at radius 1 is 0.857 bits per heavy atom. The van der Waals surface area contributed by atoms with Gasteiger partial charge in [0.05, 0.1) is 18.4 Å². The zero-order valence-corrected chi connectivity index (χ0v) is 25.5. The number of hydrogen-bond acceptors (Lipinski definition) is 6. The molecule has 4 rings (SSSR count). The number of anilines is 3. The molecule has 1 fully saturated rings. The minimum absolute atomic E-state index is 0.00835. The second-order valence-electron chi connectivity index (χ2n) is 11.5. The van der Waals surface area contributed by atoms with Crippen LogP contribution in [0, 0.1) is 0 Å². The third kappa shape index (κ3) is 7.82. The van der Waals surface area contributed by atoms with Crippen molar-refractivity contribution in [3.63, 3.8) is 0 Å². The minimum Gasteiger partial charge on any atom is -0.495 e. The average molecular weight is 573 g/mol. The molecule has 0 spiro atoms. The van der Waals surface area contributed by atoms with Gasteiger partial charge >= 0.3 is 0 Å². The first-order valence-electron chi connectivity index (χ1n) is 14.8. The normalized spacial score (nSPS) is 13.5. The van der Waals surface area contributed by atoms with Crippen LogP contribution < -0.4 is 25.2 Å². The van der Waals surface area contributed by atoms with Gasteiger partial charge in [-0.2, -0.15) is 0 Å². The Balaban J connectivity index is 1.51. The summed E-state index contributed by atoms with van der Waals surface area (Å²) in [5, 5.41) is 6.02. The van der Waals surface area contributed by atoms with E-state index < -0.39 is 0 Å². The van der Waals surface area contributed by atoms with Crippen LogP contribution in [0.2, 0.25) is 0 Å². The molecule has 224 valence electrons. The molecule has 0 radical (unpaired) electrons. The van der Waals surface area contributed by atoms with Crippen molar-refractivity contribution in [1.82, 2.24) is 5.32 Å². The molecule has 0 saturated carbocycles. The number of methoxy groups -OCH3 is 1. The molecular formula is C34H44N4O4. The highest BCUT2D eigenvalue weighted by atomic mass is 16.5. The molecule has 3 aromatic carbocycles. The first-order chi connectivity index (χ1) is 20.2. The molecule has 1 aliphatic heterocycles. The lowest BCUT2D eigenvalue weighted by Crippen LogP contribution is -2.47. The van der Waals surface area contributed by atoms with Crippen molar-refractivity contribution < 1.29 is 19.1 Å². The topological polar surface area (TPSA) is 83.1 Å². The Morgan fingerprint density at radius 2 is 1.52 bits per heavy atom. The van der Waals surface area contributed by atoms with Gasteiger partial charge in [0.25, 0.3) is 11.8 Å². The fourth-order valence-electron chi connectivity index (χ4n) is 5.09. The number of nitrogens with zero attached hydrogens (tertiary/aromatic N) is 2. The second kappa shape index (κ2) is 14.2. The molecule has 1 aliphatic rings.